The van der Waals surface area contributed by atoms with Gasteiger partial charge in [-0.3, -0.25) is 0 Å². The summed E-state index contributed by atoms with van der Waals surface area (Å²) in [5.74, 6) is 0.613. The lowest BCUT2D eigenvalue weighted by molar-refractivity contribution is 0.390. The van der Waals surface area contributed by atoms with Crippen LogP contribution in [0.15, 0.2) is 33.9 Å². The second kappa shape index (κ2) is 4.75. The van der Waals surface area contributed by atoms with Crippen LogP contribution < -0.4 is 10.5 Å². The molecule has 3 N–H and O–H groups in total. The van der Waals surface area contributed by atoms with Crippen LogP contribution in [0, 0.1) is 6.92 Å². The predicted octanol–water partition coefficient (Wildman–Crippen LogP) is 0.439. The van der Waals surface area contributed by atoms with Crippen molar-refractivity contribution < 1.29 is 12.9 Å². The average molecular weight is 268 g/mol. The zero-order valence-corrected chi connectivity index (χ0v) is 10.4. The molecular formula is C10H12N4O3S. The maximum atomic E-state index is 11.9. The third-order valence-electron chi connectivity index (χ3n) is 2.18. The summed E-state index contributed by atoms with van der Waals surface area (Å²) in [4.78, 5) is 3.75. The minimum absolute atomic E-state index is 0.0235. The molecule has 8 heteroatoms. The van der Waals surface area contributed by atoms with Crippen LogP contribution in [0.3, 0.4) is 0 Å². The standard InChI is InChI=1S/C10H12N4O3S/c1-7-5-8(14-17-7)6-13-18(15,16)10-9(11)3-2-4-12-10/h2-5,13H,6,11H2,1H3. The summed E-state index contributed by atoms with van der Waals surface area (Å²) >= 11 is 0. The first kappa shape index (κ1) is 12.5. The van der Waals surface area contributed by atoms with E-state index in [2.05, 4.69) is 14.9 Å². The number of pyridine rings is 1. The number of nitrogen functional groups attached to an aromatic ring is 1. The Morgan fingerprint density at radius 1 is 1.50 bits per heavy atom. The van der Waals surface area contributed by atoms with Gasteiger partial charge in [0.15, 0.2) is 5.03 Å². The van der Waals surface area contributed by atoms with Crippen LogP contribution >= 0.6 is 0 Å². The van der Waals surface area contributed by atoms with Crippen LogP contribution in [0.1, 0.15) is 11.5 Å². The third kappa shape index (κ3) is 2.66. The van der Waals surface area contributed by atoms with Crippen molar-refractivity contribution in [1.29, 1.82) is 0 Å². The number of aryl methyl sites for hydroxylation is 1. The summed E-state index contributed by atoms with van der Waals surface area (Å²) < 4.78 is 31.0. The Morgan fingerprint density at radius 3 is 2.89 bits per heavy atom. The van der Waals surface area contributed by atoms with Crippen LogP contribution in [0.5, 0.6) is 0 Å². The van der Waals surface area contributed by atoms with E-state index in [0.717, 1.165) is 0 Å². The number of hydrogen-bond acceptors (Lipinski definition) is 6. The fourth-order valence-corrected chi connectivity index (χ4v) is 2.42. The minimum Gasteiger partial charge on any atom is -0.396 e. The van der Waals surface area contributed by atoms with Gasteiger partial charge in [-0.25, -0.2) is 18.1 Å². The van der Waals surface area contributed by atoms with E-state index in [0.29, 0.717) is 11.5 Å². The van der Waals surface area contributed by atoms with Crippen molar-refractivity contribution in [3.8, 4) is 0 Å². The number of nitrogens with zero attached hydrogens (tertiary/aromatic N) is 2. The van der Waals surface area contributed by atoms with Crippen LogP contribution in [0.25, 0.3) is 0 Å². The van der Waals surface area contributed by atoms with Crippen LogP contribution in [-0.2, 0) is 16.6 Å². The van der Waals surface area contributed by atoms with Gasteiger partial charge in [-0.15, -0.1) is 0 Å². The van der Waals surface area contributed by atoms with Gasteiger partial charge in [0.25, 0.3) is 10.0 Å². The molecule has 0 radical (unpaired) electrons. The van der Waals surface area contributed by atoms with Gasteiger partial charge in [0.1, 0.15) is 5.76 Å². The number of aromatic nitrogens is 2. The fourth-order valence-electron chi connectivity index (χ4n) is 1.37. The van der Waals surface area contributed by atoms with Gasteiger partial charge in [0, 0.05) is 12.3 Å². The smallest absolute Gasteiger partial charge is 0.260 e. The molecule has 0 saturated heterocycles. The number of nitrogens with two attached hydrogens (primary N) is 1. The highest BCUT2D eigenvalue weighted by molar-refractivity contribution is 7.89. The molecule has 96 valence electrons. The van der Waals surface area contributed by atoms with Gasteiger partial charge < -0.3 is 10.3 Å². The molecule has 0 bridgehead atoms. The number of nitrogens with one attached hydrogen (secondary N) is 1. The Labute approximate surface area is 104 Å². The number of sulfonamides is 1. The van der Waals surface area contributed by atoms with E-state index in [1.54, 1.807) is 19.1 Å². The van der Waals surface area contributed by atoms with E-state index in [-0.39, 0.29) is 17.3 Å². The Kier molecular flexibility index (Phi) is 3.30. The van der Waals surface area contributed by atoms with Gasteiger partial charge in [-0.1, -0.05) is 5.16 Å². The quantitative estimate of drug-likeness (QED) is 0.832. The Hall–Kier alpha value is -1.93. The van der Waals surface area contributed by atoms with E-state index >= 15 is 0 Å². The number of hydrogen-bond donors (Lipinski definition) is 2. The molecule has 0 amide bonds. The first-order valence-corrected chi connectivity index (χ1v) is 6.60. The molecule has 2 aromatic heterocycles. The van der Waals surface area contributed by atoms with E-state index in [1.165, 1.54) is 12.3 Å². The van der Waals surface area contributed by atoms with Gasteiger partial charge >= 0.3 is 0 Å². The van der Waals surface area contributed by atoms with E-state index in [9.17, 15) is 8.42 Å². The largest absolute Gasteiger partial charge is 0.396 e. The van der Waals surface area contributed by atoms with E-state index in [4.69, 9.17) is 10.3 Å². The van der Waals surface area contributed by atoms with Crippen molar-refractivity contribution >= 4 is 15.7 Å². The second-order valence-corrected chi connectivity index (χ2v) is 5.33. The maximum absolute atomic E-state index is 11.9. The summed E-state index contributed by atoms with van der Waals surface area (Å²) in [5, 5.41) is 3.49. The van der Waals surface area contributed by atoms with Crippen molar-refractivity contribution in [2.24, 2.45) is 0 Å². The summed E-state index contributed by atoms with van der Waals surface area (Å²) in [6, 6.07) is 4.68. The highest BCUT2D eigenvalue weighted by Gasteiger charge is 2.18. The molecule has 0 aliphatic carbocycles. The first-order chi connectivity index (χ1) is 8.49. The lowest BCUT2D eigenvalue weighted by Gasteiger charge is -2.06. The van der Waals surface area contributed by atoms with Gasteiger partial charge in [0.05, 0.1) is 17.9 Å². The van der Waals surface area contributed by atoms with E-state index < -0.39 is 10.0 Å². The molecule has 2 heterocycles. The van der Waals surface area contributed by atoms with Crippen molar-refractivity contribution in [2.45, 2.75) is 18.5 Å². The monoisotopic (exact) mass is 268 g/mol. The normalized spacial score (nSPS) is 11.6. The molecule has 18 heavy (non-hydrogen) atoms. The molecule has 0 unspecified atom stereocenters. The molecule has 2 aromatic rings. The van der Waals surface area contributed by atoms with Gasteiger partial charge in [-0.05, 0) is 19.1 Å². The zero-order valence-electron chi connectivity index (χ0n) is 9.62. The number of rotatable bonds is 4. The molecule has 0 spiro atoms. The lowest BCUT2D eigenvalue weighted by Crippen LogP contribution is -2.25. The maximum Gasteiger partial charge on any atom is 0.260 e. The van der Waals surface area contributed by atoms with Gasteiger partial charge in [0.2, 0.25) is 0 Å². The molecule has 0 aliphatic rings. The van der Waals surface area contributed by atoms with Crippen molar-refractivity contribution in [1.82, 2.24) is 14.9 Å². The molecule has 0 fully saturated rings. The van der Waals surface area contributed by atoms with Crippen LogP contribution in [0.4, 0.5) is 5.69 Å². The summed E-state index contributed by atoms with van der Waals surface area (Å²) in [7, 11) is -3.75. The zero-order chi connectivity index (χ0) is 13.2. The van der Waals surface area contributed by atoms with Crippen LogP contribution in [-0.4, -0.2) is 18.6 Å². The van der Waals surface area contributed by atoms with Crippen molar-refractivity contribution in [3.05, 3.63) is 35.9 Å². The first-order valence-electron chi connectivity index (χ1n) is 5.11. The Morgan fingerprint density at radius 2 is 2.28 bits per heavy atom. The Balaban J connectivity index is 2.16. The molecule has 0 aromatic carbocycles. The van der Waals surface area contributed by atoms with Crippen molar-refractivity contribution in [2.75, 3.05) is 5.73 Å². The molecular weight excluding hydrogens is 256 g/mol. The Bertz CT molecular complexity index is 651. The minimum atomic E-state index is -3.75. The van der Waals surface area contributed by atoms with Gasteiger partial charge in [-0.2, -0.15) is 0 Å². The predicted molar refractivity (Wildman–Crippen MR) is 63.9 cm³/mol. The van der Waals surface area contributed by atoms with Crippen molar-refractivity contribution in [3.63, 3.8) is 0 Å². The van der Waals surface area contributed by atoms with E-state index in [1.807, 2.05) is 0 Å². The molecule has 2 rings (SSSR count). The third-order valence-corrected chi connectivity index (χ3v) is 3.55. The second-order valence-electron chi connectivity index (χ2n) is 3.65. The summed E-state index contributed by atoms with van der Waals surface area (Å²) in [6.07, 6.45) is 1.37. The SMILES string of the molecule is Cc1cc(CNS(=O)(=O)c2ncccc2N)no1. The fraction of sp³-hybridized carbons (Fsp3) is 0.200. The average Bonchev–Trinajstić information content (AvgIpc) is 2.73. The summed E-state index contributed by atoms with van der Waals surface area (Å²) in [5.41, 5.74) is 6.15. The topological polar surface area (TPSA) is 111 Å². The molecule has 7 nitrogen and oxygen atoms in total. The summed E-state index contributed by atoms with van der Waals surface area (Å²) in [6.45, 7) is 1.75. The highest BCUT2D eigenvalue weighted by Crippen LogP contribution is 2.14. The lowest BCUT2D eigenvalue weighted by atomic mass is 10.4. The molecule has 0 atom stereocenters. The number of anilines is 1. The highest BCUT2D eigenvalue weighted by atomic mass is 32.2. The molecule has 0 aliphatic heterocycles. The van der Waals surface area contributed by atoms with Crippen LogP contribution in [0.2, 0.25) is 0 Å². The molecule has 0 saturated carbocycles.